The highest BCUT2D eigenvalue weighted by Gasteiger charge is 2.28. The zero-order valence-electron chi connectivity index (χ0n) is 13.9. The molecule has 0 spiro atoms. The first-order valence-electron chi connectivity index (χ1n) is 7.50. The minimum Gasteiger partial charge on any atom is -0.373 e. The van der Waals surface area contributed by atoms with Crippen molar-refractivity contribution in [3.8, 4) is 0 Å². The molecular weight excluding hydrogens is 258 g/mol. The molecule has 0 fully saturated rings. The minimum atomic E-state index is -0.215. The SMILES string of the molecule is CNc1nc(C(C)(C)c2ccccc2)nc(C)c1C(C)C. The molecule has 112 valence electrons. The van der Waals surface area contributed by atoms with E-state index in [2.05, 4.69) is 64.2 Å². The van der Waals surface area contributed by atoms with Crippen LogP contribution in [-0.4, -0.2) is 17.0 Å². The van der Waals surface area contributed by atoms with Crippen LogP contribution < -0.4 is 5.32 Å². The maximum absolute atomic E-state index is 4.80. The van der Waals surface area contributed by atoms with E-state index in [4.69, 9.17) is 9.97 Å². The Hall–Kier alpha value is -1.90. The van der Waals surface area contributed by atoms with Gasteiger partial charge in [0.15, 0.2) is 0 Å². The molecule has 1 heterocycles. The number of benzene rings is 1. The average molecular weight is 283 g/mol. The van der Waals surface area contributed by atoms with E-state index >= 15 is 0 Å². The highest BCUT2D eigenvalue weighted by Crippen LogP contribution is 2.32. The minimum absolute atomic E-state index is 0.215. The van der Waals surface area contributed by atoms with Gasteiger partial charge in [0, 0.05) is 23.7 Å². The Morgan fingerprint density at radius 1 is 1.05 bits per heavy atom. The molecule has 3 nitrogen and oxygen atoms in total. The normalized spacial score (nSPS) is 11.8. The largest absolute Gasteiger partial charge is 0.373 e. The lowest BCUT2D eigenvalue weighted by Gasteiger charge is -2.26. The van der Waals surface area contributed by atoms with Crippen LogP contribution in [0.2, 0.25) is 0 Å². The summed E-state index contributed by atoms with van der Waals surface area (Å²) in [5, 5.41) is 3.23. The fourth-order valence-corrected chi connectivity index (χ4v) is 2.73. The number of aromatic nitrogens is 2. The highest BCUT2D eigenvalue weighted by atomic mass is 15.0. The van der Waals surface area contributed by atoms with E-state index in [0.717, 1.165) is 17.3 Å². The Kier molecular flexibility index (Phi) is 4.31. The van der Waals surface area contributed by atoms with Gasteiger partial charge >= 0.3 is 0 Å². The van der Waals surface area contributed by atoms with E-state index in [1.54, 1.807) is 0 Å². The second kappa shape index (κ2) is 5.84. The molecule has 2 rings (SSSR count). The van der Waals surface area contributed by atoms with Crippen LogP contribution in [-0.2, 0) is 5.41 Å². The smallest absolute Gasteiger partial charge is 0.140 e. The molecular formula is C18H25N3. The molecule has 1 aromatic heterocycles. The number of aryl methyl sites for hydroxylation is 1. The van der Waals surface area contributed by atoms with E-state index in [1.165, 1.54) is 11.1 Å². The molecule has 0 aliphatic heterocycles. The molecule has 0 atom stereocenters. The molecule has 1 N–H and O–H groups in total. The van der Waals surface area contributed by atoms with Crippen molar-refractivity contribution in [2.24, 2.45) is 0 Å². The Labute approximate surface area is 127 Å². The van der Waals surface area contributed by atoms with Crippen LogP contribution in [0.15, 0.2) is 30.3 Å². The van der Waals surface area contributed by atoms with Crippen molar-refractivity contribution in [3.63, 3.8) is 0 Å². The Balaban J connectivity index is 2.57. The first kappa shape index (κ1) is 15.5. The highest BCUT2D eigenvalue weighted by molar-refractivity contribution is 5.49. The maximum atomic E-state index is 4.80. The summed E-state index contributed by atoms with van der Waals surface area (Å²) in [6.07, 6.45) is 0. The summed E-state index contributed by atoms with van der Waals surface area (Å²) >= 11 is 0. The molecule has 0 saturated carbocycles. The number of hydrogen-bond acceptors (Lipinski definition) is 3. The van der Waals surface area contributed by atoms with Crippen molar-refractivity contribution < 1.29 is 0 Å². The first-order valence-corrected chi connectivity index (χ1v) is 7.50. The van der Waals surface area contributed by atoms with Gasteiger partial charge in [-0.3, -0.25) is 0 Å². The van der Waals surface area contributed by atoms with Crippen molar-refractivity contribution in [3.05, 3.63) is 53.0 Å². The fraction of sp³-hybridized carbons (Fsp3) is 0.444. The topological polar surface area (TPSA) is 37.8 Å². The molecule has 0 bridgehead atoms. The van der Waals surface area contributed by atoms with Crippen molar-refractivity contribution >= 4 is 5.82 Å². The number of hydrogen-bond donors (Lipinski definition) is 1. The summed E-state index contributed by atoms with van der Waals surface area (Å²) in [7, 11) is 1.92. The van der Waals surface area contributed by atoms with Gasteiger partial charge in [-0.1, -0.05) is 44.2 Å². The van der Waals surface area contributed by atoms with Crippen molar-refractivity contribution in [2.45, 2.75) is 46.0 Å². The fourth-order valence-electron chi connectivity index (χ4n) is 2.73. The zero-order chi connectivity index (χ0) is 15.6. The van der Waals surface area contributed by atoms with Gasteiger partial charge in [-0.25, -0.2) is 9.97 Å². The van der Waals surface area contributed by atoms with Crippen LogP contribution in [0.4, 0.5) is 5.82 Å². The van der Waals surface area contributed by atoms with Crippen molar-refractivity contribution in [1.82, 2.24) is 9.97 Å². The predicted octanol–water partition coefficient (Wildman–Crippen LogP) is 4.28. The van der Waals surface area contributed by atoms with Gasteiger partial charge < -0.3 is 5.32 Å². The van der Waals surface area contributed by atoms with Gasteiger partial charge in [-0.15, -0.1) is 0 Å². The molecule has 3 heteroatoms. The second-order valence-corrected chi connectivity index (χ2v) is 6.29. The predicted molar refractivity (Wildman–Crippen MR) is 89.0 cm³/mol. The third-order valence-corrected chi connectivity index (χ3v) is 4.00. The third kappa shape index (κ3) is 2.92. The Morgan fingerprint density at radius 3 is 2.19 bits per heavy atom. The number of nitrogens with zero attached hydrogens (tertiary/aromatic N) is 2. The average Bonchev–Trinajstić information content (AvgIpc) is 2.46. The van der Waals surface area contributed by atoms with Crippen LogP contribution in [0.25, 0.3) is 0 Å². The van der Waals surface area contributed by atoms with Gasteiger partial charge in [-0.05, 0) is 32.3 Å². The quantitative estimate of drug-likeness (QED) is 0.910. The second-order valence-electron chi connectivity index (χ2n) is 6.29. The van der Waals surface area contributed by atoms with Gasteiger partial charge in [0.05, 0.1) is 0 Å². The molecule has 0 unspecified atom stereocenters. The number of rotatable bonds is 4. The Morgan fingerprint density at radius 2 is 1.67 bits per heavy atom. The lowest BCUT2D eigenvalue weighted by Crippen LogP contribution is -2.24. The maximum Gasteiger partial charge on any atom is 0.140 e. The lowest BCUT2D eigenvalue weighted by molar-refractivity contribution is 0.585. The third-order valence-electron chi connectivity index (χ3n) is 4.00. The molecule has 0 amide bonds. The van der Waals surface area contributed by atoms with Crippen molar-refractivity contribution in [2.75, 3.05) is 12.4 Å². The van der Waals surface area contributed by atoms with E-state index < -0.39 is 0 Å². The van der Waals surface area contributed by atoms with Crippen LogP contribution >= 0.6 is 0 Å². The van der Waals surface area contributed by atoms with E-state index in [1.807, 2.05) is 13.1 Å². The molecule has 0 aliphatic rings. The monoisotopic (exact) mass is 283 g/mol. The number of nitrogens with one attached hydrogen (secondary N) is 1. The standard InChI is InChI=1S/C18H25N3/c1-12(2)15-13(3)20-17(21-16(15)19-6)18(4,5)14-10-8-7-9-11-14/h7-12H,1-6H3,(H,19,20,21). The molecule has 21 heavy (non-hydrogen) atoms. The number of anilines is 1. The van der Waals surface area contributed by atoms with Crippen LogP contribution in [0, 0.1) is 6.92 Å². The lowest BCUT2D eigenvalue weighted by atomic mass is 9.83. The summed E-state index contributed by atoms with van der Waals surface area (Å²) in [4.78, 5) is 9.60. The van der Waals surface area contributed by atoms with E-state index in [9.17, 15) is 0 Å². The van der Waals surface area contributed by atoms with E-state index in [0.29, 0.717) is 5.92 Å². The summed E-state index contributed by atoms with van der Waals surface area (Å²) in [6, 6.07) is 10.4. The van der Waals surface area contributed by atoms with Crippen molar-refractivity contribution in [1.29, 1.82) is 0 Å². The zero-order valence-corrected chi connectivity index (χ0v) is 13.9. The molecule has 0 saturated heterocycles. The molecule has 0 radical (unpaired) electrons. The van der Waals surface area contributed by atoms with Crippen LogP contribution in [0.5, 0.6) is 0 Å². The summed E-state index contributed by atoms with van der Waals surface area (Å²) in [5.41, 5.74) is 3.27. The van der Waals surface area contributed by atoms with E-state index in [-0.39, 0.29) is 5.41 Å². The summed E-state index contributed by atoms with van der Waals surface area (Å²) in [5.74, 6) is 2.21. The van der Waals surface area contributed by atoms with Crippen LogP contribution in [0.1, 0.15) is 56.3 Å². The Bertz CT molecular complexity index is 616. The van der Waals surface area contributed by atoms with Gasteiger partial charge in [0.25, 0.3) is 0 Å². The molecule has 1 aromatic carbocycles. The molecule has 0 aliphatic carbocycles. The van der Waals surface area contributed by atoms with Gasteiger partial charge in [0.1, 0.15) is 11.6 Å². The molecule has 2 aromatic rings. The first-order chi connectivity index (χ1) is 9.87. The summed E-state index contributed by atoms with van der Waals surface area (Å²) in [6.45, 7) is 10.8. The van der Waals surface area contributed by atoms with Gasteiger partial charge in [0.2, 0.25) is 0 Å². The van der Waals surface area contributed by atoms with Gasteiger partial charge in [-0.2, -0.15) is 0 Å². The van der Waals surface area contributed by atoms with Crippen LogP contribution in [0.3, 0.4) is 0 Å². The summed E-state index contributed by atoms with van der Waals surface area (Å²) < 4.78 is 0.